The van der Waals surface area contributed by atoms with E-state index in [1.54, 1.807) is 0 Å². The van der Waals surface area contributed by atoms with Gasteiger partial charge in [-0.25, -0.2) is 0 Å². The van der Waals surface area contributed by atoms with Crippen LogP contribution in [-0.2, 0) is 6.42 Å². The van der Waals surface area contributed by atoms with Crippen molar-refractivity contribution in [2.24, 2.45) is 11.8 Å². The molecule has 0 saturated heterocycles. The Morgan fingerprint density at radius 2 is 1.75 bits per heavy atom. The van der Waals surface area contributed by atoms with Gasteiger partial charge in [0, 0.05) is 12.1 Å². The number of hydrogen-bond donors (Lipinski definition) is 2. The molecule has 2 rings (SSSR count). The van der Waals surface area contributed by atoms with Gasteiger partial charge in [-0.1, -0.05) is 44.2 Å². The molecule has 1 fully saturated rings. The molecule has 2 nitrogen and oxygen atoms in total. The lowest BCUT2D eigenvalue weighted by atomic mass is 9.79. The third kappa shape index (κ3) is 4.60. The maximum Gasteiger partial charge on any atom is 0.0587 e. The van der Waals surface area contributed by atoms with Crippen molar-refractivity contribution >= 4 is 0 Å². The fraction of sp³-hybridized carbons (Fsp3) is 0.667. The number of aliphatic hydroxyl groups excluding tert-OH is 1. The van der Waals surface area contributed by atoms with Gasteiger partial charge in [-0.05, 0) is 49.5 Å². The van der Waals surface area contributed by atoms with Gasteiger partial charge in [0.05, 0.1) is 6.61 Å². The Hall–Kier alpha value is -0.860. The summed E-state index contributed by atoms with van der Waals surface area (Å²) in [6.45, 7) is 4.90. The third-order valence-corrected chi connectivity index (χ3v) is 4.73. The number of nitrogens with one attached hydrogen (secondary N) is 1. The van der Waals surface area contributed by atoms with Gasteiger partial charge in [-0.3, -0.25) is 0 Å². The molecule has 0 radical (unpaired) electrons. The number of benzene rings is 1. The average molecular weight is 275 g/mol. The minimum absolute atomic E-state index is 0.193. The summed E-state index contributed by atoms with van der Waals surface area (Å²) >= 11 is 0. The van der Waals surface area contributed by atoms with Crippen molar-refractivity contribution in [3.05, 3.63) is 35.9 Å². The number of aliphatic hydroxyl groups is 1. The molecule has 0 aliphatic heterocycles. The molecular formula is C18H29NO. The summed E-state index contributed by atoms with van der Waals surface area (Å²) in [5.74, 6) is 1.71. The van der Waals surface area contributed by atoms with Crippen molar-refractivity contribution in [2.45, 2.75) is 58.0 Å². The molecule has 2 heteroatoms. The minimum Gasteiger partial charge on any atom is -0.395 e. The van der Waals surface area contributed by atoms with E-state index in [2.05, 4.69) is 43.4 Å². The first-order chi connectivity index (χ1) is 9.69. The molecule has 20 heavy (non-hydrogen) atoms. The van der Waals surface area contributed by atoms with Gasteiger partial charge in [-0.15, -0.1) is 0 Å². The monoisotopic (exact) mass is 275 g/mol. The zero-order valence-corrected chi connectivity index (χ0v) is 12.9. The highest BCUT2D eigenvalue weighted by Crippen LogP contribution is 2.30. The van der Waals surface area contributed by atoms with Crippen molar-refractivity contribution in [1.29, 1.82) is 0 Å². The average Bonchev–Trinajstić information content (AvgIpc) is 2.48. The van der Waals surface area contributed by atoms with Gasteiger partial charge in [0.2, 0.25) is 0 Å². The smallest absolute Gasteiger partial charge is 0.0587 e. The molecule has 0 amide bonds. The van der Waals surface area contributed by atoms with Crippen LogP contribution in [0.15, 0.2) is 30.3 Å². The van der Waals surface area contributed by atoms with Gasteiger partial charge >= 0.3 is 0 Å². The molecule has 1 aromatic rings. The Labute approximate surface area is 123 Å². The van der Waals surface area contributed by atoms with Crippen LogP contribution in [0, 0.1) is 11.8 Å². The quantitative estimate of drug-likeness (QED) is 0.834. The number of hydrogen-bond acceptors (Lipinski definition) is 2. The van der Waals surface area contributed by atoms with Gasteiger partial charge in [-0.2, -0.15) is 0 Å². The predicted molar refractivity (Wildman–Crippen MR) is 84.7 cm³/mol. The lowest BCUT2D eigenvalue weighted by molar-refractivity contribution is 0.192. The Kier molecular flexibility index (Phi) is 6.06. The molecule has 2 N–H and O–H groups in total. The zero-order valence-electron chi connectivity index (χ0n) is 12.9. The molecule has 1 aliphatic rings. The lowest BCUT2D eigenvalue weighted by Crippen LogP contribution is -2.44. The van der Waals surface area contributed by atoms with Crippen LogP contribution in [0.25, 0.3) is 0 Å². The van der Waals surface area contributed by atoms with E-state index >= 15 is 0 Å². The van der Waals surface area contributed by atoms with E-state index in [4.69, 9.17) is 0 Å². The summed E-state index contributed by atoms with van der Waals surface area (Å²) in [5, 5.41) is 13.3. The van der Waals surface area contributed by atoms with E-state index in [0.29, 0.717) is 6.04 Å². The normalized spacial score (nSPS) is 24.8. The zero-order chi connectivity index (χ0) is 14.4. The third-order valence-electron chi connectivity index (χ3n) is 4.73. The molecule has 1 atom stereocenters. The van der Waals surface area contributed by atoms with Crippen LogP contribution in [0.4, 0.5) is 0 Å². The summed E-state index contributed by atoms with van der Waals surface area (Å²) in [6.07, 6.45) is 6.10. The first-order valence-electron chi connectivity index (χ1n) is 8.10. The molecule has 0 heterocycles. The fourth-order valence-corrected chi connectivity index (χ4v) is 3.36. The highest BCUT2D eigenvalue weighted by atomic mass is 16.3. The van der Waals surface area contributed by atoms with Crippen LogP contribution in [0.5, 0.6) is 0 Å². The molecule has 1 aromatic carbocycles. The van der Waals surface area contributed by atoms with E-state index in [1.807, 2.05) is 6.07 Å². The second kappa shape index (κ2) is 7.80. The first kappa shape index (κ1) is 15.5. The minimum atomic E-state index is 0.193. The van der Waals surface area contributed by atoms with Gasteiger partial charge < -0.3 is 10.4 Å². The highest BCUT2D eigenvalue weighted by molar-refractivity contribution is 5.16. The van der Waals surface area contributed by atoms with E-state index in [9.17, 15) is 5.11 Å². The van der Waals surface area contributed by atoms with Crippen LogP contribution in [0.3, 0.4) is 0 Å². The standard InChI is InChI=1S/C18H29NO/c1-14(2)16-8-10-17(11-9-16)19-18(13-20)12-15-6-4-3-5-7-15/h3-7,14,16-20H,8-13H2,1-2H3/t16?,17?,18-/m1/s1. The summed E-state index contributed by atoms with van der Waals surface area (Å²) in [4.78, 5) is 0. The van der Waals surface area contributed by atoms with Crippen molar-refractivity contribution in [3.8, 4) is 0 Å². The Bertz CT molecular complexity index is 368. The SMILES string of the molecule is CC(C)C1CCC(N[C@@H](CO)Cc2ccccc2)CC1. The van der Waals surface area contributed by atoms with E-state index in [1.165, 1.54) is 31.2 Å². The molecular weight excluding hydrogens is 246 g/mol. The van der Waals surface area contributed by atoms with Crippen LogP contribution in [0.1, 0.15) is 45.1 Å². The van der Waals surface area contributed by atoms with Gasteiger partial charge in [0.25, 0.3) is 0 Å². The lowest BCUT2D eigenvalue weighted by Gasteiger charge is -2.33. The molecule has 0 bridgehead atoms. The molecule has 1 aliphatic carbocycles. The Morgan fingerprint density at radius 1 is 1.10 bits per heavy atom. The van der Waals surface area contributed by atoms with Gasteiger partial charge in [0.1, 0.15) is 0 Å². The van der Waals surface area contributed by atoms with Crippen molar-refractivity contribution in [3.63, 3.8) is 0 Å². The van der Waals surface area contributed by atoms with Crippen molar-refractivity contribution < 1.29 is 5.11 Å². The molecule has 112 valence electrons. The Morgan fingerprint density at radius 3 is 2.30 bits per heavy atom. The summed E-state index contributed by atoms with van der Waals surface area (Å²) in [7, 11) is 0. The summed E-state index contributed by atoms with van der Waals surface area (Å²) in [5.41, 5.74) is 1.30. The fourth-order valence-electron chi connectivity index (χ4n) is 3.36. The highest BCUT2D eigenvalue weighted by Gasteiger charge is 2.24. The van der Waals surface area contributed by atoms with Gasteiger partial charge in [0.15, 0.2) is 0 Å². The van der Waals surface area contributed by atoms with E-state index in [0.717, 1.165) is 18.3 Å². The van der Waals surface area contributed by atoms with Crippen LogP contribution < -0.4 is 5.32 Å². The van der Waals surface area contributed by atoms with Crippen molar-refractivity contribution in [1.82, 2.24) is 5.32 Å². The van der Waals surface area contributed by atoms with Crippen LogP contribution in [0.2, 0.25) is 0 Å². The molecule has 0 spiro atoms. The molecule has 0 unspecified atom stereocenters. The Balaban J connectivity index is 1.79. The summed E-state index contributed by atoms with van der Waals surface area (Å²) in [6, 6.07) is 11.2. The topological polar surface area (TPSA) is 32.3 Å². The molecule has 0 aromatic heterocycles. The number of rotatable bonds is 6. The second-order valence-corrected chi connectivity index (χ2v) is 6.59. The van der Waals surface area contributed by atoms with E-state index in [-0.39, 0.29) is 12.6 Å². The van der Waals surface area contributed by atoms with Crippen molar-refractivity contribution in [2.75, 3.05) is 6.61 Å². The van der Waals surface area contributed by atoms with Crippen LogP contribution in [-0.4, -0.2) is 23.8 Å². The summed E-state index contributed by atoms with van der Waals surface area (Å²) < 4.78 is 0. The maximum absolute atomic E-state index is 9.60. The predicted octanol–water partition coefficient (Wildman–Crippen LogP) is 3.39. The van der Waals surface area contributed by atoms with Crippen LogP contribution >= 0.6 is 0 Å². The maximum atomic E-state index is 9.60. The van der Waals surface area contributed by atoms with E-state index < -0.39 is 0 Å². The first-order valence-corrected chi connectivity index (χ1v) is 8.10. The second-order valence-electron chi connectivity index (χ2n) is 6.59. The molecule has 1 saturated carbocycles. The largest absolute Gasteiger partial charge is 0.395 e.